The van der Waals surface area contributed by atoms with E-state index in [9.17, 15) is 4.79 Å². The zero-order chi connectivity index (χ0) is 14.4. The molecule has 0 unspecified atom stereocenters. The zero-order valence-corrected chi connectivity index (χ0v) is 12.6. The molecule has 2 aromatic rings. The van der Waals surface area contributed by atoms with Gasteiger partial charge in [-0.1, -0.05) is 31.2 Å². The maximum absolute atomic E-state index is 12.1. The second kappa shape index (κ2) is 7.15. The van der Waals surface area contributed by atoms with Gasteiger partial charge in [-0.3, -0.25) is 4.79 Å². The SMILES string of the molecule is CCc1ccc(C(=O)CSc2ccc(OC)cc2)cc1. The lowest BCUT2D eigenvalue weighted by Gasteiger charge is -2.04. The van der Waals surface area contributed by atoms with Gasteiger partial charge in [0.15, 0.2) is 5.78 Å². The minimum absolute atomic E-state index is 0.161. The van der Waals surface area contributed by atoms with Crippen LogP contribution in [0.25, 0.3) is 0 Å². The minimum atomic E-state index is 0.161. The first-order valence-corrected chi connectivity index (χ1v) is 7.60. The monoisotopic (exact) mass is 286 g/mol. The number of rotatable bonds is 6. The molecule has 0 N–H and O–H groups in total. The fourth-order valence-corrected chi connectivity index (χ4v) is 2.62. The molecule has 0 aliphatic carbocycles. The standard InChI is InChI=1S/C17H18O2S/c1-3-13-4-6-14(7-5-13)17(18)12-20-16-10-8-15(19-2)9-11-16/h4-11H,3,12H2,1-2H3. The van der Waals surface area contributed by atoms with Gasteiger partial charge in [0.2, 0.25) is 0 Å². The number of hydrogen-bond donors (Lipinski definition) is 0. The normalized spacial score (nSPS) is 10.3. The molecule has 0 fully saturated rings. The molecule has 0 atom stereocenters. The van der Waals surface area contributed by atoms with Gasteiger partial charge in [0.05, 0.1) is 12.9 Å². The Bertz CT molecular complexity index is 559. The van der Waals surface area contributed by atoms with Crippen LogP contribution in [0, 0.1) is 0 Å². The van der Waals surface area contributed by atoms with Crippen molar-refractivity contribution in [2.75, 3.05) is 12.9 Å². The van der Waals surface area contributed by atoms with Crippen molar-refractivity contribution in [3.05, 3.63) is 59.7 Å². The van der Waals surface area contributed by atoms with Gasteiger partial charge in [0, 0.05) is 10.5 Å². The highest BCUT2D eigenvalue weighted by Crippen LogP contribution is 2.22. The van der Waals surface area contributed by atoms with Crippen LogP contribution in [0.5, 0.6) is 5.75 Å². The number of carbonyl (C=O) groups excluding carboxylic acids is 1. The van der Waals surface area contributed by atoms with E-state index in [1.165, 1.54) is 5.56 Å². The van der Waals surface area contributed by atoms with Crippen LogP contribution in [0.2, 0.25) is 0 Å². The molecule has 2 aromatic carbocycles. The fourth-order valence-electron chi connectivity index (χ4n) is 1.83. The fraction of sp³-hybridized carbons (Fsp3) is 0.235. The second-order valence-electron chi connectivity index (χ2n) is 4.44. The van der Waals surface area contributed by atoms with Gasteiger partial charge in [-0.25, -0.2) is 0 Å². The summed E-state index contributed by atoms with van der Waals surface area (Å²) in [5, 5.41) is 0. The van der Waals surface area contributed by atoms with Crippen LogP contribution in [0.1, 0.15) is 22.8 Å². The summed E-state index contributed by atoms with van der Waals surface area (Å²) in [4.78, 5) is 13.2. The molecule has 0 aliphatic rings. The number of ether oxygens (including phenoxy) is 1. The molecule has 0 radical (unpaired) electrons. The minimum Gasteiger partial charge on any atom is -0.497 e. The Labute approximate surface area is 124 Å². The maximum atomic E-state index is 12.1. The molecule has 0 aliphatic heterocycles. The zero-order valence-electron chi connectivity index (χ0n) is 11.8. The first-order chi connectivity index (χ1) is 9.72. The highest BCUT2D eigenvalue weighted by Gasteiger charge is 2.06. The summed E-state index contributed by atoms with van der Waals surface area (Å²) >= 11 is 1.55. The van der Waals surface area contributed by atoms with Crippen molar-refractivity contribution in [1.29, 1.82) is 0 Å². The van der Waals surface area contributed by atoms with E-state index in [4.69, 9.17) is 4.74 Å². The smallest absolute Gasteiger partial charge is 0.173 e. The van der Waals surface area contributed by atoms with E-state index in [-0.39, 0.29) is 5.78 Å². The number of aryl methyl sites for hydroxylation is 1. The van der Waals surface area contributed by atoms with Gasteiger partial charge in [0.1, 0.15) is 5.75 Å². The number of methoxy groups -OCH3 is 1. The average molecular weight is 286 g/mol. The molecule has 3 heteroatoms. The molecular formula is C17H18O2S. The van der Waals surface area contributed by atoms with Crippen molar-refractivity contribution < 1.29 is 9.53 Å². The van der Waals surface area contributed by atoms with Crippen LogP contribution in [-0.2, 0) is 6.42 Å². The van der Waals surface area contributed by atoms with E-state index in [0.29, 0.717) is 5.75 Å². The number of thioether (sulfide) groups is 1. The molecule has 0 saturated heterocycles. The first kappa shape index (κ1) is 14.7. The summed E-state index contributed by atoms with van der Waals surface area (Å²) < 4.78 is 5.11. The predicted molar refractivity (Wildman–Crippen MR) is 83.9 cm³/mol. The summed E-state index contributed by atoms with van der Waals surface area (Å²) in [6.07, 6.45) is 0.995. The Kier molecular flexibility index (Phi) is 5.24. The number of hydrogen-bond acceptors (Lipinski definition) is 3. The van der Waals surface area contributed by atoms with Crippen LogP contribution in [0.3, 0.4) is 0 Å². The van der Waals surface area contributed by atoms with Crippen LogP contribution < -0.4 is 4.74 Å². The summed E-state index contributed by atoms with van der Waals surface area (Å²) in [5.41, 5.74) is 2.03. The average Bonchev–Trinajstić information content (AvgIpc) is 2.53. The van der Waals surface area contributed by atoms with E-state index >= 15 is 0 Å². The second-order valence-corrected chi connectivity index (χ2v) is 5.49. The van der Waals surface area contributed by atoms with Gasteiger partial charge in [-0.15, -0.1) is 11.8 Å². The molecule has 0 spiro atoms. The third-order valence-corrected chi connectivity index (χ3v) is 4.13. The van der Waals surface area contributed by atoms with E-state index in [2.05, 4.69) is 6.92 Å². The number of ketones is 1. The Hall–Kier alpha value is -1.74. The molecule has 0 heterocycles. The Morgan fingerprint density at radius 2 is 1.70 bits per heavy atom. The van der Waals surface area contributed by atoms with Gasteiger partial charge in [-0.05, 0) is 36.2 Å². The highest BCUT2D eigenvalue weighted by molar-refractivity contribution is 8.00. The molecule has 0 aromatic heterocycles. The Balaban J connectivity index is 1.93. The van der Waals surface area contributed by atoms with E-state index in [1.54, 1.807) is 18.9 Å². The lowest BCUT2D eigenvalue weighted by atomic mass is 10.1. The summed E-state index contributed by atoms with van der Waals surface area (Å²) in [7, 11) is 1.64. The van der Waals surface area contributed by atoms with Crippen molar-refractivity contribution in [2.45, 2.75) is 18.2 Å². The summed E-state index contributed by atoms with van der Waals surface area (Å²) in [6.45, 7) is 2.11. The van der Waals surface area contributed by atoms with Crippen molar-refractivity contribution in [1.82, 2.24) is 0 Å². The lowest BCUT2D eigenvalue weighted by molar-refractivity contribution is 0.102. The van der Waals surface area contributed by atoms with Crippen molar-refractivity contribution in [2.24, 2.45) is 0 Å². The summed E-state index contributed by atoms with van der Waals surface area (Å²) in [6, 6.07) is 15.6. The van der Waals surface area contributed by atoms with Crippen molar-refractivity contribution in [3.8, 4) is 5.75 Å². The first-order valence-electron chi connectivity index (χ1n) is 6.62. The Morgan fingerprint density at radius 1 is 1.05 bits per heavy atom. The molecule has 0 saturated carbocycles. The summed E-state index contributed by atoms with van der Waals surface area (Å²) in [5.74, 6) is 1.45. The molecule has 2 nitrogen and oxygen atoms in total. The van der Waals surface area contributed by atoms with Gasteiger partial charge in [-0.2, -0.15) is 0 Å². The topological polar surface area (TPSA) is 26.3 Å². The largest absolute Gasteiger partial charge is 0.497 e. The maximum Gasteiger partial charge on any atom is 0.173 e. The van der Waals surface area contributed by atoms with Crippen molar-refractivity contribution >= 4 is 17.5 Å². The van der Waals surface area contributed by atoms with Crippen LogP contribution in [0.15, 0.2) is 53.4 Å². The molecule has 0 amide bonds. The van der Waals surface area contributed by atoms with E-state index in [1.807, 2.05) is 48.5 Å². The van der Waals surface area contributed by atoms with Gasteiger partial charge < -0.3 is 4.74 Å². The van der Waals surface area contributed by atoms with Crippen LogP contribution in [-0.4, -0.2) is 18.6 Å². The highest BCUT2D eigenvalue weighted by atomic mass is 32.2. The van der Waals surface area contributed by atoms with Crippen molar-refractivity contribution in [3.63, 3.8) is 0 Å². The molecule has 104 valence electrons. The number of carbonyl (C=O) groups is 1. The lowest BCUT2D eigenvalue weighted by Crippen LogP contribution is -2.02. The number of benzene rings is 2. The van der Waals surface area contributed by atoms with Crippen LogP contribution >= 0.6 is 11.8 Å². The Morgan fingerprint density at radius 3 is 2.25 bits per heavy atom. The molecular weight excluding hydrogens is 268 g/mol. The third-order valence-electron chi connectivity index (χ3n) is 3.11. The van der Waals surface area contributed by atoms with Crippen LogP contribution in [0.4, 0.5) is 0 Å². The number of Topliss-reactive ketones (excluding diaryl/α,β-unsaturated/α-hetero) is 1. The molecule has 0 bridgehead atoms. The third kappa shape index (κ3) is 3.87. The van der Waals surface area contributed by atoms with Gasteiger partial charge >= 0.3 is 0 Å². The van der Waals surface area contributed by atoms with Gasteiger partial charge in [0.25, 0.3) is 0 Å². The quantitative estimate of drug-likeness (QED) is 0.587. The van der Waals surface area contributed by atoms with E-state index < -0.39 is 0 Å². The molecule has 20 heavy (non-hydrogen) atoms. The van der Waals surface area contributed by atoms with E-state index in [0.717, 1.165) is 22.6 Å². The molecule has 2 rings (SSSR count). The predicted octanol–water partition coefficient (Wildman–Crippen LogP) is 4.23.